The first-order valence-electron chi connectivity index (χ1n) is 10.0. The van der Waals surface area contributed by atoms with Crippen molar-refractivity contribution < 1.29 is 14.3 Å². The fraction of sp³-hybridized carbons (Fsp3) is 0.409. The minimum absolute atomic E-state index is 0.202. The molecule has 1 fully saturated rings. The lowest BCUT2D eigenvalue weighted by Gasteiger charge is -2.32. The van der Waals surface area contributed by atoms with Gasteiger partial charge in [0.2, 0.25) is 0 Å². The molecule has 0 aliphatic carbocycles. The molecule has 2 N–H and O–H groups in total. The summed E-state index contributed by atoms with van der Waals surface area (Å²) >= 11 is 0. The van der Waals surface area contributed by atoms with Crippen LogP contribution in [0, 0.1) is 6.92 Å². The summed E-state index contributed by atoms with van der Waals surface area (Å²) in [7, 11) is 0. The van der Waals surface area contributed by atoms with Crippen molar-refractivity contribution in [3.63, 3.8) is 0 Å². The summed E-state index contributed by atoms with van der Waals surface area (Å²) in [4.78, 5) is 30.2. The number of carbonyl (C=O) groups excluding carboxylic acids is 2. The molecule has 2 aromatic rings. The van der Waals surface area contributed by atoms with Crippen molar-refractivity contribution >= 4 is 17.7 Å². The first kappa shape index (κ1) is 20.6. The van der Waals surface area contributed by atoms with Crippen LogP contribution in [0.3, 0.4) is 0 Å². The smallest absolute Gasteiger partial charge is 0.409 e. The molecule has 2 amide bonds. The fourth-order valence-corrected chi connectivity index (χ4v) is 3.28. The first-order chi connectivity index (χ1) is 14.0. The topological polar surface area (TPSA) is 83.6 Å². The second kappa shape index (κ2) is 9.91. The summed E-state index contributed by atoms with van der Waals surface area (Å²) in [6.45, 7) is 6.01. The highest BCUT2D eigenvalue weighted by atomic mass is 16.6. The Kier molecular flexibility index (Phi) is 7.05. The number of amides is 2. The lowest BCUT2D eigenvalue weighted by molar-refractivity contribution is 0.0943. The average Bonchev–Trinajstić information content (AvgIpc) is 2.74. The standard InChI is InChI=1S/C22H28N4O3/c1-3-29-22(28)26-12-9-18(10-13-26)25-19-8-11-23-20(14-19)21(27)24-15-17-6-4-16(2)5-7-17/h4-8,11,14,18H,3,9-10,12-13,15H2,1-2H3,(H,23,25)(H,24,27). The third kappa shape index (κ3) is 5.94. The van der Waals surface area contributed by atoms with Crippen LogP contribution < -0.4 is 10.6 Å². The summed E-state index contributed by atoms with van der Waals surface area (Å²) < 4.78 is 5.05. The van der Waals surface area contributed by atoms with Gasteiger partial charge >= 0.3 is 6.09 Å². The Hall–Kier alpha value is -3.09. The van der Waals surface area contributed by atoms with E-state index in [1.165, 1.54) is 5.56 Å². The van der Waals surface area contributed by atoms with E-state index in [2.05, 4.69) is 15.6 Å². The van der Waals surface area contributed by atoms with Crippen molar-refractivity contribution in [2.45, 2.75) is 39.3 Å². The van der Waals surface area contributed by atoms with E-state index in [1.54, 1.807) is 17.2 Å². The van der Waals surface area contributed by atoms with Gasteiger partial charge < -0.3 is 20.3 Å². The molecular weight excluding hydrogens is 368 g/mol. The Morgan fingerprint density at radius 2 is 1.90 bits per heavy atom. The van der Waals surface area contributed by atoms with Gasteiger partial charge in [0.15, 0.2) is 0 Å². The maximum atomic E-state index is 12.4. The zero-order valence-corrected chi connectivity index (χ0v) is 17.0. The minimum Gasteiger partial charge on any atom is -0.450 e. The van der Waals surface area contributed by atoms with Crippen molar-refractivity contribution in [3.8, 4) is 0 Å². The monoisotopic (exact) mass is 396 g/mol. The number of nitrogens with zero attached hydrogens (tertiary/aromatic N) is 2. The molecule has 1 aromatic carbocycles. The second-order valence-corrected chi connectivity index (χ2v) is 7.20. The number of hydrogen-bond donors (Lipinski definition) is 2. The van der Waals surface area contributed by atoms with Crippen LogP contribution in [0.4, 0.5) is 10.5 Å². The number of carbonyl (C=O) groups is 2. The van der Waals surface area contributed by atoms with Gasteiger partial charge in [-0.2, -0.15) is 0 Å². The predicted octanol–water partition coefficient (Wildman–Crippen LogP) is 3.35. The van der Waals surface area contributed by atoms with E-state index in [0.717, 1.165) is 24.1 Å². The van der Waals surface area contributed by atoms with Crippen molar-refractivity contribution in [2.75, 3.05) is 25.0 Å². The van der Waals surface area contributed by atoms with Gasteiger partial charge in [-0.3, -0.25) is 9.78 Å². The molecule has 7 heteroatoms. The van der Waals surface area contributed by atoms with E-state index in [4.69, 9.17) is 4.74 Å². The Labute approximate surface area is 171 Å². The van der Waals surface area contributed by atoms with Gasteiger partial charge in [0.25, 0.3) is 5.91 Å². The van der Waals surface area contributed by atoms with Gasteiger partial charge in [0, 0.05) is 37.6 Å². The van der Waals surface area contributed by atoms with Crippen LogP contribution in [0.5, 0.6) is 0 Å². The Morgan fingerprint density at radius 1 is 1.17 bits per heavy atom. The Morgan fingerprint density at radius 3 is 2.59 bits per heavy atom. The first-order valence-corrected chi connectivity index (χ1v) is 10.0. The van der Waals surface area contributed by atoms with E-state index in [1.807, 2.05) is 44.2 Å². The summed E-state index contributed by atoms with van der Waals surface area (Å²) in [5, 5.41) is 6.36. The molecule has 0 spiro atoms. The SMILES string of the molecule is CCOC(=O)N1CCC(Nc2ccnc(C(=O)NCc3ccc(C)cc3)c2)CC1. The van der Waals surface area contributed by atoms with Crippen LogP contribution in [-0.2, 0) is 11.3 Å². The van der Waals surface area contributed by atoms with Crippen molar-refractivity contribution in [3.05, 3.63) is 59.4 Å². The third-order valence-electron chi connectivity index (χ3n) is 4.96. The van der Waals surface area contributed by atoms with Crippen LogP contribution in [0.15, 0.2) is 42.6 Å². The highest BCUT2D eigenvalue weighted by molar-refractivity contribution is 5.93. The normalized spacial score (nSPS) is 14.3. The van der Waals surface area contributed by atoms with Gasteiger partial charge in [0.05, 0.1) is 6.61 Å². The number of pyridine rings is 1. The molecule has 1 aliphatic rings. The third-order valence-corrected chi connectivity index (χ3v) is 4.96. The highest BCUT2D eigenvalue weighted by Gasteiger charge is 2.23. The van der Waals surface area contributed by atoms with Crippen molar-refractivity contribution in [1.82, 2.24) is 15.2 Å². The number of ether oxygens (including phenoxy) is 1. The summed E-state index contributed by atoms with van der Waals surface area (Å²) in [6, 6.07) is 11.9. The molecule has 2 heterocycles. The lowest BCUT2D eigenvalue weighted by atomic mass is 10.1. The summed E-state index contributed by atoms with van der Waals surface area (Å²) in [5.74, 6) is -0.202. The average molecular weight is 396 g/mol. The molecule has 1 aliphatic heterocycles. The molecule has 3 rings (SSSR count). The van der Waals surface area contributed by atoms with Crippen LogP contribution in [0.25, 0.3) is 0 Å². The molecular formula is C22H28N4O3. The highest BCUT2D eigenvalue weighted by Crippen LogP contribution is 2.17. The van der Waals surface area contributed by atoms with E-state index in [9.17, 15) is 9.59 Å². The van der Waals surface area contributed by atoms with Gasteiger partial charge in [-0.05, 0) is 44.4 Å². The van der Waals surface area contributed by atoms with Gasteiger partial charge in [-0.1, -0.05) is 29.8 Å². The molecule has 154 valence electrons. The number of rotatable bonds is 6. The Balaban J connectivity index is 1.51. The molecule has 29 heavy (non-hydrogen) atoms. The lowest BCUT2D eigenvalue weighted by Crippen LogP contribution is -2.42. The molecule has 1 aromatic heterocycles. The largest absolute Gasteiger partial charge is 0.450 e. The maximum Gasteiger partial charge on any atom is 0.409 e. The van der Waals surface area contributed by atoms with Crippen molar-refractivity contribution in [1.29, 1.82) is 0 Å². The molecule has 0 saturated carbocycles. The molecule has 0 atom stereocenters. The molecule has 0 bridgehead atoms. The van der Waals surface area contributed by atoms with E-state index >= 15 is 0 Å². The van der Waals surface area contributed by atoms with Gasteiger partial charge in [-0.15, -0.1) is 0 Å². The van der Waals surface area contributed by atoms with Gasteiger partial charge in [0.1, 0.15) is 5.69 Å². The quantitative estimate of drug-likeness (QED) is 0.782. The Bertz CT molecular complexity index is 830. The molecule has 7 nitrogen and oxygen atoms in total. The number of nitrogens with one attached hydrogen (secondary N) is 2. The second-order valence-electron chi connectivity index (χ2n) is 7.20. The van der Waals surface area contributed by atoms with Crippen LogP contribution in [-0.4, -0.2) is 47.6 Å². The van der Waals surface area contributed by atoms with E-state index in [0.29, 0.717) is 31.9 Å². The number of anilines is 1. The number of hydrogen-bond acceptors (Lipinski definition) is 5. The van der Waals surface area contributed by atoms with Gasteiger partial charge in [-0.25, -0.2) is 4.79 Å². The van der Waals surface area contributed by atoms with Crippen LogP contribution in [0.2, 0.25) is 0 Å². The maximum absolute atomic E-state index is 12.4. The summed E-state index contributed by atoms with van der Waals surface area (Å²) in [6.07, 6.45) is 3.05. The zero-order chi connectivity index (χ0) is 20.6. The molecule has 0 radical (unpaired) electrons. The molecule has 1 saturated heterocycles. The predicted molar refractivity (Wildman–Crippen MR) is 112 cm³/mol. The van der Waals surface area contributed by atoms with Crippen molar-refractivity contribution in [2.24, 2.45) is 0 Å². The summed E-state index contributed by atoms with van der Waals surface area (Å²) in [5.41, 5.74) is 3.47. The zero-order valence-electron chi connectivity index (χ0n) is 17.0. The van der Waals surface area contributed by atoms with Crippen LogP contribution in [0.1, 0.15) is 41.4 Å². The number of aryl methyl sites for hydroxylation is 1. The minimum atomic E-state index is -0.248. The number of benzene rings is 1. The fourth-order valence-electron chi connectivity index (χ4n) is 3.28. The number of likely N-dealkylation sites (tertiary alicyclic amines) is 1. The number of piperidine rings is 1. The van der Waals surface area contributed by atoms with E-state index < -0.39 is 0 Å². The van der Waals surface area contributed by atoms with E-state index in [-0.39, 0.29) is 18.0 Å². The van der Waals surface area contributed by atoms with Crippen LogP contribution >= 0.6 is 0 Å². The molecule has 0 unspecified atom stereocenters. The number of aromatic nitrogens is 1.